The van der Waals surface area contributed by atoms with Crippen LogP contribution in [0.1, 0.15) is 61.7 Å². The Kier molecular flexibility index (Phi) is 3.69. The van der Waals surface area contributed by atoms with Crippen molar-refractivity contribution in [2.75, 3.05) is 13.6 Å². The molecule has 0 radical (unpaired) electrons. The van der Waals surface area contributed by atoms with Gasteiger partial charge in [-0.15, -0.1) is 0 Å². The fourth-order valence-electron chi connectivity index (χ4n) is 3.60. The van der Waals surface area contributed by atoms with E-state index in [4.69, 9.17) is 4.98 Å². The van der Waals surface area contributed by atoms with Crippen LogP contribution in [0.2, 0.25) is 0 Å². The molecule has 1 aliphatic carbocycles. The van der Waals surface area contributed by atoms with Crippen LogP contribution in [-0.4, -0.2) is 23.1 Å². The second-order valence-electron chi connectivity index (χ2n) is 5.80. The van der Waals surface area contributed by atoms with Crippen molar-refractivity contribution in [2.45, 2.75) is 63.8 Å². The van der Waals surface area contributed by atoms with Crippen molar-refractivity contribution in [2.24, 2.45) is 0 Å². The Balaban J connectivity index is 1.90. The van der Waals surface area contributed by atoms with Crippen molar-refractivity contribution in [3.8, 4) is 0 Å². The summed E-state index contributed by atoms with van der Waals surface area (Å²) in [7, 11) is 2.03. The normalized spacial score (nSPS) is 20.3. The molecule has 3 rings (SSSR count). The molecule has 100 valence electrons. The van der Waals surface area contributed by atoms with Crippen molar-refractivity contribution in [3.63, 3.8) is 0 Å². The van der Waals surface area contributed by atoms with Crippen LogP contribution in [0.5, 0.6) is 0 Å². The molecule has 0 saturated heterocycles. The quantitative estimate of drug-likeness (QED) is 0.886. The highest BCUT2D eigenvalue weighted by Gasteiger charge is 2.27. The maximum absolute atomic E-state index is 5.03. The SMILES string of the molecule is CNCCc1nc(C2CCCC2)c2n1CCCC2. The molecule has 18 heavy (non-hydrogen) atoms. The van der Waals surface area contributed by atoms with E-state index in [2.05, 4.69) is 9.88 Å². The van der Waals surface area contributed by atoms with Gasteiger partial charge in [0.2, 0.25) is 0 Å². The highest BCUT2D eigenvalue weighted by Crippen LogP contribution is 2.37. The number of likely N-dealkylation sites (N-methyl/N-ethyl adjacent to an activating group) is 1. The molecule has 0 unspecified atom stereocenters. The van der Waals surface area contributed by atoms with Gasteiger partial charge in [-0.25, -0.2) is 4.98 Å². The zero-order valence-electron chi connectivity index (χ0n) is 11.5. The first kappa shape index (κ1) is 12.2. The van der Waals surface area contributed by atoms with E-state index in [0.29, 0.717) is 0 Å². The largest absolute Gasteiger partial charge is 0.332 e. The van der Waals surface area contributed by atoms with Gasteiger partial charge in [0.15, 0.2) is 0 Å². The van der Waals surface area contributed by atoms with Crippen LogP contribution < -0.4 is 5.32 Å². The molecule has 1 saturated carbocycles. The lowest BCUT2D eigenvalue weighted by molar-refractivity contribution is 0.507. The predicted octanol–water partition coefficient (Wildman–Crippen LogP) is 2.64. The highest BCUT2D eigenvalue weighted by molar-refractivity contribution is 5.24. The first-order valence-corrected chi connectivity index (χ1v) is 7.63. The van der Waals surface area contributed by atoms with Gasteiger partial charge in [-0.05, 0) is 39.2 Å². The van der Waals surface area contributed by atoms with Gasteiger partial charge in [-0.3, -0.25) is 0 Å². The zero-order valence-corrected chi connectivity index (χ0v) is 11.5. The van der Waals surface area contributed by atoms with E-state index in [1.165, 1.54) is 63.0 Å². The summed E-state index contributed by atoms with van der Waals surface area (Å²) in [6, 6.07) is 0. The molecular weight excluding hydrogens is 222 g/mol. The number of fused-ring (bicyclic) bond motifs is 1. The summed E-state index contributed by atoms with van der Waals surface area (Å²) in [5.74, 6) is 2.11. The van der Waals surface area contributed by atoms with E-state index >= 15 is 0 Å². The molecule has 1 aromatic heterocycles. The van der Waals surface area contributed by atoms with Crippen molar-refractivity contribution in [1.82, 2.24) is 14.9 Å². The van der Waals surface area contributed by atoms with E-state index in [-0.39, 0.29) is 0 Å². The summed E-state index contributed by atoms with van der Waals surface area (Å²) in [6.45, 7) is 2.24. The lowest BCUT2D eigenvalue weighted by Gasteiger charge is -2.18. The maximum atomic E-state index is 5.03. The average Bonchev–Trinajstić information content (AvgIpc) is 3.04. The number of nitrogens with zero attached hydrogens (tertiary/aromatic N) is 2. The Hall–Kier alpha value is -0.830. The first-order chi connectivity index (χ1) is 8.90. The summed E-state index contributed by atoms with van der Waals surface area (Å²) in [6.07, 6.45) is 10.6. The summed E-state index contributed by atoms with van der Waals surface area (Å²) in [5.41, 5.74) is 3.05. The summed E-state index contributed by atoms with van der Waals surface area (Å²) < 4.78 is 2.54. The van der Waals surface area contributed by atoms with Crippen LogP contribution in [0.25, 0.3) is 0 Å². The molecule has 1 fully saturated rings. The summed E-state index contributed by atoms with van der Waals surface area (Å²) in [5, 5.41) is 3.25. The first-order valence-electron chi connectivity index (χ1n) is 7.63. The van der Waals surface area contributed by atoms with Gasteiger partial charge in [0, 0.05) is 31.1 Å². The molecule has 0 amide bonds. The van der Waals surface area contributed by atoms with Crippen molar-refractivity contribution in [1.29, 1.82) is 0 Å². The lowest BCUT2D eigenvalue weighted by Crippen LogP contribution is -2.17. The zero-order chi connectivity index (χ0) is 12.4. The van der Waals surface area contributed by atoms with E-state index in [1.54, 1.807) is 5.69 Å². The monoisotopic (exact) mass is 247 g/mol. The number of hydrogen-bond acceptors (Lipinski definition) is 2. The van der Waals surface area contributed by atoms with Crippen molar-refractivity contribution < 1.29 is 0 Å². The molecule has 0 aromatic carbocycles. The molecule has 0 atom stereocenters. The fourth-order valence-corrected chi connectivity index (χ4v) is 3.60. The Morgan fingerprint density at radius 3 is 2.83 bits per heavy atom. The third kappa shape index (κ3) is 2.20. The molecule has 2 aliphatic rings. The van der Waals surface area contributed by atoms with Crippen LogP contribution >= 0.6 is 0 Å². The average molecular weight is 247 g/mol. The second kappa shape index (κ2) is 5.43. The Bertz CT molecular complexity index is 402. The minimum Gasteiger partial charge on any atom is -0.332 e. The van der Waals surface area contributed by atoms with Gasteiger partial charge >= 0.3 is 0 Å². The molecule has 1 aromatic rings. The van der Waals surface area contributed by atoms with Crippen LogP contribution in [0, 0.1) is 0 Å². The summed E-state index contributed by atoms with van der Waals surface area (Å²) in [4.78, 5) is 5.03. The smallest absolute Gasteiger partial charge is 0.110 e. The van der Waals surface area contributed by atoms with Crippen LogP contribution in [0.3, 0.4) is 0 Å². The number of nitrogens with one attached hydrogen (secondary N) is 1. The minimum atomic E-state index is 0.771. The van der Waals surface area contributed by atoms with Crippen molar-refractivity contribution in [3.05, 3.63) is 17.2 Å². The van der Waals surface area contributed by atoms with E-state index in [1.807, 2.05) is 7.05 Å². The molecule has 3 nitrogen and oxygen atoms in total. The van der Waals surface area contributed by atoms with Gasteiger partial charge in [0.1, 0.15) is 5.82 Å². The van der Waals surface area contributed by atoms with Gasteiger partial charge in [0.05, 0.1) is 5.69 Å². The lowest BCUT2D eigenvalue weighted by atomic mass is 9.98. The molecule has 2 heterocycles. The summed E-state index contributed by atoms with van der Waals surface area (Å²) >= 11 is 0. The molecule has 0 spiro atoms. The second-order valence-corrected chi connectivity index (χ2v) is 5.80. The maximum Gasteiger partial charge on any atom is 0.110 e. The van der Waals surface area contributed by atoms with Crippen LogP contribution in [0.4, 0.5) is 0 Å². The highest BCUT2D eigenvalue weighted by atomic mass is 15.1. The van der Waals surface area contributed by atoms with Crippen LogP contribution in [-0.2, 0) is 19.4 Å². The molecular formula is C15H25N3. The number of aromatic nitrogens is 2. The molecule has 1 aliphatic heterocycles. The Morgan fingerprint density at radius 2 is 2.06 bits per heavy atom. The topological polar surface area (TPSA) is 29.9 Å². The third-order valence-electron chi connectivity index (χ3n) is 4.57. The van der Waals surface area contributed by atoms with Crippen LogP contribution in [0.15, 0.2) is 0 Å². The van der Waals surface area contributed by atoms with Gasteiger partial charge in [-0.1, -0.05) is 12.8 Å². The number of rotatable bonds is 4. The third-order valence-corrected chi connectivity index (χ3v) is 4.57. The molecule has 3 heteroatoms. The minimum absolute atomic E-state index is 0.771. The Morgan fingerprint density at radius 1 is 1.22 bits per heavy atom. The van der Waals surface area contributed by atoms with Crippen molar-refractivity contribution >= 4 is 0 Å². The van der Waals surface area contributed by atoms with Gasteiger partial charge in [0.25, 0.3) is 0 Å². The van der Waals surface area contributed by atoms with E-state index in [9.17, 15) is 0 Å². The van der Waals surface area contributed by atoms with Gasteiger partial charge < -0.3 is 9.88 Å². The van der Waals surface area contributed by atoms with E-state index in [0.717, 1.165) is 18.9 Å². The standard InChI is InChI=1S/C15H25N3/c1-16-10-9-14-17-15(12-6-2-3-7-12)13-8-4-5-11-18(13)14/h12,16H,2-11H2,1H3. The predicted molar refractivity (Wildman–Crippen MR) is 74.0 cm³/mol. The molecule has 0 bridgehead atoms. The van der Waals surface area contributed by atoms with Gasteiger partial charge in [-0.2, -0.15) is 0 Å². The Labute approximate surface area is 110 Å². The number of hydrogen-bond donors (Lipinski definition) is 1. The molecule has 1 N–H and O–H groups in total. The van der Waals surface area contributed by atoms with E-state index < -0.39 is 0 Å². The fraction of sp³-hybridized carbons (Fsp3) is 0.800. The number of imidazole rings is 1.